The van der Waals surface area contributed by atoms with E-state index in [1.54, 1.807) is 18.2 Å². The van der Waals surface area contributed by atoms with Crippen LogP contribution >= 0.6 is 23.2 Å². The zero-order chi connectivity index (χ0) is 14.1. The topological polar surface area (TPSA) is 50.7 Å². The number of nitrogens with one attached hydrogen (secondary N) is 1. The zero-order valence-corrected chi connectivity index (χ0v) is 11.5. The normalized spacial score (nSPS) is 10.8. The highest BCUT2D eigenvalue weighted by Gasteiger charge is 2.07. The summed E-state index contributed by atoms with van der Waals surface area (Å²) in [6.45, 7) is 0. The van der Waals surface area contributed by atoms with Crippen molar-refractivity contribution in [1.82, 2.24) is 15.0 Å². The maximum atomic E-state index is 13.2. The minimum Gasteiger partial charge on any atom is -0.340 e. The highest BCUT2D eigenvalue weighted by Crippen LogP contribution is 2.28. The van der Waals surface area contributed by atoms with Crippen LogP contribution in [0, 0.1) is 5.95 Å². The lowest BCUT2D eigenvalue weighted by molar-refractivity contribution is 0.586. The molecule has 4 nitrogen and oxygen atoms in total. The van der Waals surface area contributed by atoms with Gasteiger partial charge in [-0.3, -0.25) is 0 Å². The number of aromatic nitrogens is 3. The van der Waals surface area contributed by atoms with Crippen molar-refractivity contribution < 1.29 is 4.39 Å². The van der Waals surface area contributed by atoms with Crippen molar-refractivity contribution in [2.24, 2.45) is 0 Å². The summed E-state index contributed by atoms with van der Waals surface area (Å²) in [7, 11) is 0. The number of halogens is 3. The van der Waals surface area contributed by atoms with Crippen molar-refractivity contribution >= 4 is 45.6 Å². The first-order chi connectivity index (χ1) is 9.63. The van der Waals surface area contributed by atoms with Gasteiger partial charge in [-0.15, -0.1) is 0 Å². The largest absolute Gasteiger partial charge is 0.340 e. The van der Waals surface area contributed by atoms with Gasteiger partial charge in [-0.25, -0.2) is 15.0 Å². The number of hydrogen-bond donors (Lipinski definition) is 1. The van der Waals surface area contributed by atoms with Crippen molar-refractivity contribution in [1.29, 1.82) is 0 Å². The molecule has 0 saturated carbocycles. The quantitative estimate of drug-likeness (QED) is 0.720. The summed E-state index contributed by atoms with van der Waals surface area (Å²) in [6.07, 6.45) is 2.73. The minimum absolute atomic E-state index is 0.419. The van der Waals surface area contributed by atoms with Crippen molar-refractivity contribution in [2.75, 3.05) is 5.32 Å². The van der Waals surface area contributed by atoms with E-state index in [9.17, 15) is 4.39 Å². The molecule has 2 aromatic heterocycles. The summed E-state index contributed by atoms with van der Waals surface area (Å²) >= 11 is 11.8. The van der Waals surface area contributed by atoms with Gasteiger partial charge in [0.25, 0.3) is 0 Å². The summed E-state index contributed by atoms with van der Waals surface area (Å²) in [6, 6.07) is 6.35. The number of hydrogen-bond acceptors (Lipinski definition) is 4. The molecule has 100 valence electrons. The van der Waals surface area contributed by atoms with E-state index in [-0.39, 0.29) is 0 Å². The number of fused-ring (bicyclic) bond motifs is 1. The molecule has 0 amide bonds. The van der Waals surface area contributed by atoms with Crippen LogP contribution < -0.4 is 5.32 Å². The summed E-state index contributed by atoms with van der Waals surface area (Å²) in [4.78, 5) is 11.7. The predicted octanol–water partition coefficient (Wildman–Crippen LogP) is 4.21. The maximum absolute atomic E-state index is 13.2. The van der Waals surface area contributed by atoms with Crippen LogP contribution in [0.1, 0.15) is 0 Å². The fourth-order valence-corrected chi connectivity index (χ4v) is 2.04. The van der Waals surface area contributed by atoms with E-state index in [1.165, 1.54) is 18.6 Å². The number of benzene rings is 1. The number of anilines is 2. The fourth-order valence-electron chi connectivity index (χ4n) is 1.74. The van der Waals surface area contributed by atoms with Crippen LogP contribution in [-0.2, 0) is 0 Å². The Hall–Kier alpha value is -1.98. The van der Waals surface area contributed by atoms with Crippen LogP contribution in [0.5, 0.6) is 0 Å². The average molecular weight is 309 g/mol. The molecule has 3 aromatic rings. The molecule has 0 aliphatic rings. The molecule has 0 aliphatic heterocycles. The molecule has 0 saturated heterocycles. The highest BCUT2D eigenvalue weighted by atomic mass is 35.5. The Morgan fingerprint density at radius 2 is 1.85 bits per heavy atom. The van der Waals surface area contributed by atoms with E-state index in [0.717, 1.165) is 0 Å². The summed E-state index contributed by atoms with van der Waals surface area (Å²) in [5.74, 6) is -0.126. The Morgan fingerprint density at radius 3 is 2.65 bits per heavy atom. The number of nitrogens with zero attached hydrogens (tertiary/aromatic N) is 3. The number of pyridine rings is 1. The Bertz CT molecular complexity index is 794. The Labute approximate surface area is 123 Å². The van der Waals surface area contributed by atoms with Gasteiger partial charge < -0.3 is 5.32 Å². The standard InChI is InChI=1S/C13H7Cl2FN4/c14-9-2-1-7(3-10(9)15)20-13-8-4-12(16)17-5-11(8)18-6-19-13/h1-6H,(H,18,19,20). The molecule has 0 spiro atoms. The molecule has 7 heteroatoms. The van der Waals surface area contributed by atoms with Crippen LogP contribution in [0.4, 0.5) is 15.9 Å². The molecule has 0 fully saturated rings. The average Bonchev–Trinajstić information content (AvgIpc) is 2.44. The van der Waals surface area contributed by atoms with Gasteiger partial charge in [0.2, 0.25) is 5.95 Å². The first-order valence-electron chi connectivity index (χ1n) is 5.62. The van der Waals surface area contributed by atoms with E-state index < -0.39 is 5.95 Å². The molecule has 1 aromatic carbocycles. The second kappa shape index (κ2) is 5.19. The van der Waals surface area contributed by atoms with Crippen LogP contribution in [0.15, 0.2) is 36.8 Å². The molecule has 0 radical (unpaired) electrons. The van der Waals surface area contributed by atoms with Gasteiger partial charge in [0, 0.05) is 17.1 Å². The monoisotopic (exact) mass is 308 g/mol. The van der Waals surface area contributed by atoms with E-state index in [0.29, 0.717) is 32.5 Å². The van der Waals surface area contributed by atoms with Gasteiger partial charge in [0.1, 0.15) is 12.1 Å². The molecule has 0 unspecified atom stereocenters. The predicted molar refractivity (Wildman–Crippen MR) is 77.0 cm³/mol. The minimum atomic E-state index is -0.593. The van der Waals surface area contributed by atoms with Crippen molar-refractivity contribution in [3.8, 4) is 0 Å². The molecule has 0 bridgehead atoms. The molecular weight excluding hydrogens is 302 g/mol. The third kappa shape index (κ3) is 2.50. The SMILES string of the molecule is Fc1cc2c(Nc3ccc(Cl)c(Cl)c3)ncnc2cn1. The fraction of sp³-hybridized carbons (Fsp3) is 0. The molecule has 1 N–H and O–H groups in total. The first-order valence-corrected chi connectivity index (χ1v) is 6.37. The van der Waals surface area contributed by atoms with Crippen molar-refractivity contribution in [3.63, 3.8) is 0 Å². The molecule has 3 rings (SSSR count). The van der Waals surface area contributed by atoms with Gasteiger partial charge in [-0.05, 0) is 18.2 Å². The van der Waals surface area contributed by atoms with Gasteiger partial charge in [-0.1, -0.05) is 23.2 Å². The smallest absolute Gasteiger partial charge is 0.213 e. The maximum Gasteiger partial charge on any atom is 0.213 e. The summed E-state index contributed by atoms with van der Waals surface area (Å²) in [5.41, 5.74) is 1.24. The molecule has 2 heterocycles. The van der Waals surface area contributed by atoms with Crippen LogP contribution in [0.2, 0.25) is 10.0 Å². The second-order valence-electron chi connectivity index (χ2n) is 4.00. The molecule has 0 aliphatic carbocycles. The Morgan fingerprint density at radius 1 is 1.00 bits per heavy atom. The van der Waals surface area contributed by atoms with E-state index >= 15 is 0 Å². The number of rotatable bonds is 2. The Kier molecular flexibility index (Phi) is 3.38. The van der Waals surface area contributed by atoms with Crippen molar-refractivity contribution in [3.05, 3.63) is 52.8 Å². The lowest BCUT2D eigenvalue weighted by Gasteiger charge is -2.08. The van der Waals surface area contributed by atoms with Gasteiger partial charge in [0.05, 0.1) is 21.8 Å². The van der Waals surface area contributed by atoms with Crippen LogP contribution in [0.3, 0.4) is 0 Å². The third-order valence-corrected chi connectivity index (χ3v) is 3.41. The van der Waals surface area contributed by atoms with Crippen LogP contribution in [0.25, 0.3) is 10.9 Å². The molecule has 0 atom stereocenters. The van der Waals surface area contributed by atoms with Gasteiger partial charge in [0.15, 0.2) is 0 Å². The lowest BCUT2D eigenvalue weighted by atomic mass is 10.2. The van der Waals surface area contributed by atoms with Gasteiger partial charge in [-0.2, -0.15) is 4.39 Å². The van der Waals surface area contributed by atoms with E-state index in [4.69, 9.17) is 23.2 Å². The first kappa shape index (κ1) is 13.0. The lowest BCUT2D eigenvalue weighted by Crippen LogP contribution is -1.97. The third-order valence-electron chi connectivity index (χ3n) is 2.67. The van der Waals surface area contributed by atoms with Gasteiger partial charge >= 0.3 is 0 Å². The van der Waals surface area contributed by atoms with E-state index in [1.807, 2.05) is 0 Å². The highest BCUT2D eigenvalue weighted by molar-refractivity contribution is 6.42. The zero-order valence-electron chi connectivity index (χ0n) is 9.94. The molecule has 20 heavy (non-hydrogen) atoms. The summed E-state index contributed by atoms with van der Waals surface area (Å²) in [5, 5.41) is 4.46. The molecular formula is C13H7Cl2FN4. The summed E-state index contributed by atoms with van der Waals surface area (Å²) < 4.78 is 13.2. The second-order valence-corrected chi connectivity index (χ2v) is 4.81. The van der Waals surface area contributed by atoms with Crippen molar-refractivity contribution in [2.45, 2.75) is 0 Å². The van der Waals surface area contributed by atoms with Crippen LogP contribution in [-0.4, -0.2) is 15.0 Å². The Balaban J connectivity index is 2.05. The van der Waals surface area contributed by atoms with E-state index in [2.05, 4.69) is 20.3 Å².